The normalized spacial score (nSPS) is 10.1. The summed E-state index contributed by atoms with van der Waals surface area (Å²) in [6, 6.07) is 8.15. The Morgan fingerprint density at radius 2 is 1.95 bits per heavy atom. The summed E-state index contributed by atoms with van der Waals surface area (Å²) in [7, 11) is 1.52. The average Bonchev–Trinajstić information content (AvgIpc) is 2.51. The number of amides is 1. The number of benzene rings is 2. The highest BCUT2D eigenvalue weighted by molar-refractivity contribution is 6.04. The Balaban J connectivity index is 2.30. The maximum absolute atomic E-state index is 13.6. The summed E-state index contributed by atoms with van der Waals surface area (Å²) >= 11 is 0. The average molecular weight is 303 g/mol. The van der Waals surface area contributed by atoms with E-state index in [4.69, 9.17) is 4.74 Å². The largest absolute Gasteiger partial charge is 0.496 e. The van der Waals surface area contributed by atoms with Crippen LogP contribution in [0, 0.1) is 11.6 Å². The van der Waals surface area contributed by atoms with Gasteiger partial charge in [0.2, 0.25) is 0 Å². The van der Waals surface area contributed by atoms with Crippen LogP contribution in [0.15, 0.2) is 49.1 Å². The number of para-hydroxylation sites is 1. The van der Waals surface area contributed by atoms with Gasteiger partial charge in [0.05, 0.1) is 7.11 Å². The molecule has 0 saturated heterocycles. The fourth-order valence-corrected chi connectivity index (χ4v) is 2.04. The zero-order valence-electron chi connectivity index (χ0n) is 12.0. The number of hydrogen-bond acceptors (Lipinski definition) is 2. The van der Waals surface area contributed by atoms with Gasteiger partial charge in [-0.25, -0.2) is 8.78 Å². The monoisotopic (exact) mass is 303 g/mol. The minimum Gasteiger partial charge on any atom is -0.496 e. The summed E-state index contributed by atoms with van der Waals surface area (Å²) in [5.74, 6) is -1.63. The van der Waals surface area contributed by atoms with Crippen LogP contribution in [-0.4, -0.2) is 13.0 Å². The fourth-order valence-electron chi connectivity index (χ4n) is 2.04. The van der Waals surface area contributed by atoms with Crippen molar-refractivity contribution < 1.29 is 18.3 Å². The zero-order chi connectivity index (χ0) is 16.1. The molecule has 0 aromatic heterocycles. The van der Waals surface area contributed by atoms with Crippen LogP contribution < -0.4 is 10.1 Å². The number of rotatable bonds is 5. The number of ether oxygens (including phenoxy) is 1. The van der Waals surface area contributed by atoms with E-state index < -0.39 is 23.2 Å². The van der Waals surface area contributed by atoms with Gasteiger partial charge >= 0.3 is 0 Å². The molecule has 2 aromatic carbocycles. The molecule has 1 amide bonds. The number of anilines is 1. The van der Waals surface area contributed by atoms with E-state index in [2.05, 4.69) is 11.9 Å². The molecule has 2 aromatic rings. The van der Waals surface area contributed by atoms with Crippen molar-refractivity contribution in [2.24, 2.45) is 0 Å². The zero-order valence-corrected chi connectivity index (χ0v) is 12.0. The quantitative estimate of drug-likeness (QED) is 0.849. The molecule has 0 aliphatic rings. The molecule has 0 atom stereocenters. The summed E-state index contributed by atoms with van der Waals surface area (Å²) < 4.78 is 32.3. The van der Waals surface area contributed by atoms with Gasteiger partial charge in [0, 0.05) is 5.56 Å². The van der Waals surface area contributed by atoms with Gasteiger partial charge in [-0.1, -0.05) is 12.1 Å². The van der Waals surface area contributed by atoms with Gasteiger partial charge in [-0.05, 0) is 42.3 Å². The van der Waals surface area contributed by atoms with Crippen molar-refractivity contribution in [2.75, 3.05) is 12.4 Å². The van der Waals surface area contributed by atoms with Crippen molar-refractivity contribution in [3.63, 3.8) is 0 Å². The number of halogens is 2. The van der Waals surface area contributed by atoms with Crippen molar-refractivity contribution in [2.45, 2.75) is 6.42 Å². The number of hydrogen-bond donors (Lipinski definition) is 1. The van der Waals surface area contributed by atoms with Gasteiger partial charge in [0.15, 0.2) is 0 Å². The minimum absolute atomic E-state index is 0.278. The summed E-state index contributed by atoms with van der Waals surface area (Å²) in [4.78, 5) is 12.2. The molecule has 114 valence electrons. The highest BCUT2D eigenvalue weighted by Crippen LogP contribution is 2.23. The van der Waals surface area contributed by atoms with Crippen molar-refractivity contribution in [3.8, 4) is 5.75 Å². The number of carbonyl (C=O) groups excluding carboxylic acids is 1. The highest BCUT2D eigenvalue weighted by atomic mass is 19.1. The summed E-state index contributed by atoms with van der Waals surface area (Å²) in [5.41, 5.74) is 0.577. The van der Waals surface area contributed by atoms with E-state index in [1.54, 1.807) is 18.2 Å². The van der Waals surface area contributed by atoms with Gasteiger partial charge < -0.3 is 10.1 Å². The van der Waals surface area contributed by atoms with Crippen LogP contribution in [0.2, 0.25) is 0 Å². The molecule has 22 heavy (non-hydrogen) atoms. The highest BCUT2D eigenvalue weighted by Gasteiger charge is 2.14. The van der Waals surface area contributed by atoms with Gasteiger partial charge in [0.25, 0.3) is 5.91 Å². The van der Waals surface area contributed by atoms with Crippen molar-refractivity contribution >= 4 is 11.6 Å². The van der Waals surface area contributed by atoms with E-state index in [9.17, 15) is 13.6 Å². The second-order valence-corrected chi connectivity index (χ2v) is 4.57. The van der Waals surface area contributed by atoms with Crippen molar-refractivity contribution in [1.82, 2.24) is 0 Å². The molecule has 0 saturated carbocycles. The summed E-state index contributed by atoms with van der Waals surface area (Å²) in [6.45, 7) is 3.64. The molecule has 5 heteroatoms. The molecule has 0 spiro atoms. The first-order chi connectivity index (χ1) is 10.6. The summed E-state index contributed by atoms with van der Waals surface area (Å²) in [6.07, 6.45) is 2.19. The third kappa shape index (κ3) is 3.31. The van der Waals surface area contributed by atoms with Gasteiger partial charge in [-0.2, -0.15) is 0 Å². The maximum Gasteiger partial charge on any atom is 0.255 e. The van der Waals surface area contributed by atoms with E-state index >= 15 is 0 Å². The van der Waals surface area contributed by atoms with Crippen LogP contribution in [0.25, 0.3) is 0 Å². The van der Waals surface area contributed by atoms with Crippen LogP contribution in [0.1, 0.15) is 15.9 Å². The fraction of sp³-hybridized carbons (Fsp3) is 0.118. The number of nitrogens with one attached hydrogen (secondary N) is 1. The SMILES string of the molecule is C=CCc1cc(C(=O)Nc2c(F)cccc2F)ccc1OC. The van der Waals surface area contributed by atoms with Gasteiger partial charge in [0.1, 0.15) is 23.1 Å². The lowest BCUT2D eigenvalue weighted by Gasteiger charge is -2.11. The van der Waals surface area contributed by atoms with Gasteiger partial charge in [-0.3, -0.25) is 4.79 Å². The minimum atomic E-state index is -0.826. The molecule has 0 unspecified atom stereocenters. The van der Waals surface area contributed by atoms with Crippen LogP contribution in [-0.2, 0) is 6.42 Å². The van der Waals surface area contributed by atoms with E-state index in [1.165, 1.54) is 19.2 Å². The lowest BCUT2D eigenvalue weighted by Crippen LogP contribution is -2.14. The third-order valence-electron chi connectivity index (χ3n) is 3.11. The van der Waals surface area contributed by atoms with E-state index in [0.717, 1.165) is 17.7 Å². The van der Waals surface area contributed by atoms with E-state index in [-0.39, 0.29) is 5.56 Å². The number of methoxy groups -OCH3 is 1. The molecule has 0 heterocycles. The van der Waals surface area contributed by atoms with Crippen molar-refractivity contribution in [1.29, 1.82) is 0 Å². The second-order valence-electron chi connectivity index (χ2n) is 4.57. The molecular weight excluding hydrogens is 288 g/mol. The Bertz CT molecular complexity index is 694. The number of carbonyl (C=O) groups is 1. The van der Waals surface area contributed by atoms with Crippen LogP contribution in [0.3, 0.4) is 0 Å². The molecule has 0 bridgehead atoms. The predicted octanol–water partition coefficient (Wildman–Crippen LogP) is 3.95. The summed E-state index contributed by atoms with van der Waals surface area (Å²) in [5, 5.41) is 2.25. The predicted molar refractivity (Wildman–Crippen MR) is 81.2 cm³/mol. The molecule has 0 fully saturated rings. The molecular formula is C17H15F2NO2. The molecule has 1 N–H and O–H groups in total. The first-order valence-electron chi connectivity index (χ1n) is 6.60. The first kappa shape index (κ1) is 15.7. The number of allylic oxidation sites excluding steroid dienone is 1. The Morgan fingerprint density at radius 3 is 2.55 bits per heavy atom. The van der Waals surface area contributed by atoms with Crippen LogP contribution >= 0.6 is 0 Å². The Morgan fingerprint density at radius 1 is 1.27 bits per heavy atom. The maximum atomic E-state index is 13.6. The van der Waals surface area contributed by atoms with Crippen LogP contribution in [0.5, 0.6) is 5.75 Å². The van der Waals surface area contributed by atoms with E-state index in [1.807, 2.05) is 0 Å². The van der Waals surface area contributed by atoms with Crippen molar-refractivity contribution in [3.05, 3.63) is 71.8 Å². The molecule has 0 radical (unpaired) electrons. The molecule has 3 nitrogen and oxygen atoms in total. The lowest BCUT2D eigenvalue weighted by molar-refractivity contribution is 0.102. The lowest BCUT2D eigenvalue weighted by atomic mass is 10.1. The van der Waals surface area contributed by atoms with Gasteiger partial charge in [-0.15, -0.1) is 6.58 Å². The standard InChI is InChI=1S/C17H15F2NO2/c1-3-5-11-10-12(8-9-15(11)22-2)17(21)20-16-13(18)6-4-7-14(16)19/h3-4,6-10H,1,5H2,2H3,(H,20,21). The Hall–Kier alpha value is -2.69. The smallest absolute Gasteiger partial charge is 0.255 e. The topological polar surface area (TPSA) is 38.3 Å². The third-order valence-corrected chi connectivity index (χ3v) is 3.11. The van der Waals surface area contributed by atoms with Crippen LogP contribution in [0.4, 0.5) is 14.5 Å². The molecule has 2 rings (SSSR count). The second kappa shape index (κ2) is 6.85. The first-order valence-corrected chi connectivity index (χ1v) is 6.60. The Labute approximate surface area is 127 Å². The molecule has 0 aliphatic heterocycles. The Kier molecular flexibility index (Phi) is 4.88. The van der Waals surface area contributed by atoms with E-state index in [0.29, 0.717) is 12.2 Å². The molecule has 0 aliphatic carbocycles.